The van der Waals surface area contributed by atoms with Crippen LogP contribution in [0.4, 0.5) is 5.69 Å². The number of thioether (sulfide) groups is 1. The fraction of sp³-hybridized carbons (Fsp3) is 0.364. The van der Waals surface area contributed by atoms with Gasteiger partial charge in [-0.1, -0.05) is 0 Å². The minimum atomic E-state index is -0.916. The van der Waals surface area contributed by atoms with Crippen molar-refractivity contribution in [1.29, 1.82) is 0 Å². The first-order chi connectivity index (χ1) is 7.65. The molecule has 0 saturated carbocycles. The van der Waals surface area contributed by atoms with Crippen LogP contribution in [0, 0.1) is 0 Å². The average molecular weight is 304 g/mol. The van der Waals surface area contributed by atoms with Gasteiger partial charge in [-0.15, -0.1) is 0 Å². The van der Waals surface area contributed by atoms with Gasteiger partial charge in [0.2, 0.25) is 0 Å². The second-order valence-corrected chi connectivity index (χ2v) is 5.11. The molecule has 0 fully saturated rings. The molecule has 0 unspecified atom stereocenters. The minimum Gasteiger partial charge on any atom is -0.478 e. The van der Waals surface area contributed by atoms with Gasteiger partial charge in [-0.05, 0) is 52.6 Å². The molecule has 2 N–H and O–H groups in total. The van der Waals surface area contributed by atoms with Crippen LogP contribution in [0.3, 0.4) is 0 Å². The van der Waals surface area contributed by atoms with Crippen LogP contribution in [0.2, 0.25) is 0 Å². The second kappa shape index (κ2) is 6.81. The van der Waals surface area contributed by atoms with Crippen LogP contribution in [0.1, 0.15) is 16.8 Å². The summed E-state index contributed by atoms with van der Waals surface area (Å²) in [7, 11) is 0. The summed E-state index contributed by atoms with van der Waals surface area (Å²) in [5.74, 6) is 0.210. The fourth-order valence-electron chi connectivity index (χ4n) is 1.25. The average Bonchev–Trinajstić information content (AvgIpc) is 2.24. The molecule has 0 aliphatic carbocycles. The van der Waals surface area contributed by atoms with Crippen molar-refractivity contribution in [3.63, 3.8) is 0 Å². The van der Waals surface area contributed by atoms with E-state index in [4.69, 9.17) is 5.11 Å². The number of hydrogen-bond acceptors (Lipinski definition) is 3. The SMILES string of the molecule is CSCCCNc1ccc(C(=O)O)c(Br)c1. The highest BCUT2D eigenvalue weighted by atomic mass is 79.9. The lowest BCUT2D eigenvalue weighted by Gasteiger charge is -2.07. The van der Waals surface area contributed by atoms with Crippen molar-refractivity contribution in [3.8, 4) is 0 Å². The number of carbonyl (C=O) groups is 1. The van der Waals surface area contributed by atoms with Crippen LogP contribution in [-0.4, -0.2) is 29.6 Å². The molecule has 1 rings (SSSR count). The number of anilines is 1. The molecule has 0 aliphatic rings. The summed E-state index contributed by atoms with van der Waals surface area (Å²) in [5.41, 5.74) is 1.23. The maximum absolute atomic E-state index is 10.8. The van der Waals surface area contributed by atoms with Gasteiger partial charge in [0.1, 0.15) is 0 Å². The number of rotatable bonds is 6. The van der Waals surface area contributed by atoms with Gasteiger partial charge in [-0.2, -0.15) is 11.8 Å². The molecule has 0 aliphatic heterocycles. The Morgan fingerprint density at radius 2 is 2.31 bits per heavy atom. The molecule has 1 aromatic carbocycles. The zero-order valence-corrected chi connectivity index (χ0v) is 11.4. The van der Waals surface area contributed by atoms with Crippen molar-refractivity contribution in [2.24, 2.45) is 0 Å². The van der Waals surface area contributed by atoms with Crippen molar-refractivity contribution in [1.82, 2.24) is 0 Å². The Balaban J connectivity index is 2.56. The Morgan fingerprint density at radius 1 is 1.56 bits per heavy atom. The first-order valence-electron chi connectivity index (χ1n) is 4.91. The molecule has 16 heavy (non-hydrogen) atoms. The van der Waals surface area contributed by atoms with Crippen molar-refractivity contribution >= 4 is 39.3 Å². The zero-order valence-electron chi connectivity index (χ0n) is 9.00. The highest BCUT2D eigenvalue weighted by Gasteiger charge is 2.07. The minimum absolute atomic E-state index is 0.287. The van der Waals surface area contributed by atoms with Crippen LogP contribution in [0.5, 0.6) is 0 Å². The van der Waals surface area contributed by atoms with Crippen molar-refractivity contribution in [3.05, 3.63) is 28.2 Å². The van der Waals surface area contributed by atoms with E-state index in [1.165, 1.54) is 0 Å². The molecule has 0 atom stereocenters. The van der Waals surface area contributed by atoms with Crippen LogP contribution < -0.4 is 5.32 Å². The Kier molecular flexibility index (Phi) is 5.69. The van der Waals surface area contributed by atoms with Gasteiger partial charge in [-0.25, -0.2) is 4.79 Å². The first-order valence-corrected chi connectivity index (χ1v) is 7.09. The standard InChI is InChI=1S/C11H14BrNO2S/c1-16-6-2-5-13-8-3-4-9(11(14)15)10(12)7-8/h3-4,7,13H,2,5-6H2,1H3,(H,14,15). The van der Waals surface area contributed by atoms with Crippen molar-refractivity contribution in [2.75, 3.05) is 23.9 Å². The summed E-state index contributed by atoms with van der Waals surface area (Å²) in [4.78, 5) is 10.8. The number of halogens is 1. The molecule has 0 spiro atoms. The molecule has 0 amide bonds. The highest BCUT2D eigenvalue weighted by Crippen LogP contribution is 2.21. The molecule has 0 heterocycles. The molecule has 0 radical (unpaired) electrons. The van der Waals surface area contributed by atoms with Crippen LogP contribution in [0.25, 0.3) is 0 Å². The van der Waals surface area contributed by atoms with E-state index in [0.717, 1.165) is 24.4 Å². The van der Waals surface area contributed by atoms with E-state index < -0.39 is 5.97 Å². The van der Waals surface area contributed by atoms with E-state index in [1.54, 1.807) is 18.2 Å². The third-order valence-electron chi connectivity index (χ3n) is 2.05. The molecule has 3 nitrogen and oxygen atoms in total. The molecule has 88 valence electrons. The summed E-state index contributed by atoms with van der Waals surface area (Å²) in [5, 5.41) is 12.1. The summed E-state index contributed by atoms with van der Waals surface area (Å²) in [6.07, 6.45) is 3.18. The van der Waals surface area contributed by atoms with E-state index in [9.17, 15) is 4.79 Å². The predicted molar refractivity (Wildman–Crippen MR) is 72.6 cm³/mol. The molecular weight excluding hydrogens is 290 g/mol. The Labute approximate surface area is 108 Å². The van der Waals surface area contributed by atoms with Gasteiger partial charge in [0.25, 0.3) is 0 Å². The van der Waals surface area contributed by atoms with E-state index in [1.807, 2.05) is 11.8 Å². The number of aromatic carboxylic acids is 1. The summed E-state index contributed by atoms with van der Waals surface area (Å²) in [6.45, 7) is 0.902. The van der Waals surface area contributed by atoms with E-state index in [0.29, 0.717) is 4.47 Å². The maximum atomic E-state index is 10.8. The normalized spacial score (nSPS) is 10.1. The van der Waals surface area contributed by atoms with Gasteiger partial charge in [-0.3, -0.25) is 0 Å². The van der Waals surface area contributed by atoms with Crippen molar-refractivity contribution < 1.29 is 9.90 Å². The molecule has 0 saturated heterocycles. The van der Waals surface area contributed by atoms with E-state index in [-0.39, 0.29) is 5.56 Å². The lowest BCUT2D eigenvalue weighted by atomic mass is 10.2. The van der Waals surface area contributed by atoms with Crippen LogP contribution in [-0.2, 0) is 0 Å². The monoisotopic (exact) mass is 303 g/mol. The molecule has 0 bridgehead atoms. The predicted octanol–water partition coefficient (Wildman–Crippen LogP) is 3.31. The zero-order chi connectivity index (χ0) is 12.0. The quantitative estimate of drug-likeness (QED) is 0.792. The fourth-order valence-corrected chi connectivity index (χ4v) is 2.23. The second-order valence-electron chi connectivity index (χ2n) is 3.27. The first kappa shape index (κ1) is 13.4. The third-order valence-corrected chi connectivity index (χ3v) is 3.41. The highest BCUT2D eigenvalue weighted by molar-refractivity contribution is 9.10. The largest absolute Gasteiger partial charge is 0.478 e. The van der Waals surface area contributed by atoms with Crippen molar-refractivity contribution in [2.45, 2.75) is 6.42 Å². The van der Waals surface area contributed by atoms with Gasteiger partial charge in [0, 0.05) is 16.7 Å². The molecular formula is C11H14BrNO2S. The summed E-state index contributed by atoms with van der Waals surface area (Å²) >= 11 is 5.06. The Morgan fingerprint density at radius 3 is 2.88 bits per heavy atom. The number of carboxylic acid groups (broad SMARTS) is 1. The van der Waals surface area contributed by atoms with Gasteiger partial charge in [0.05, 0.1) is 5.56 Å². The summed E-state index contributed by atoms with van der Waals surface area (Å²) < 4.78 is 0.606. The lowest BCUT2D eigenvalue weighted by Crippen LogP contribution is -2.04. The van der Waals surface area contributed by atoms with E-state index in [2.05, 4.69) is 27.5 Å². The van der Waals surface area contributed by atoms with Gasteiger partial charge >= 0.3 is 5.97 Å². The van der Waals surface area contributed by atoms with Gasteiger partial charge < -0.3 is 10.4 Å². The summed E-state index contributed by atoms with van der Waals surface area (Å²) in [6, 6.07) is 5.18. The molecule has 0 aromatic heterocycles. The Hall–Kier alpha value is -0.680. The number of benzene rings is 1. The third kappa shape index (κ3) is 4.06. The number of nitrogens with one attached hydrogen (secondary N) is 1. The maximum Gasteiger partial charge on any atom is 0.336 e. The number of carboxylic acids is 1. The number of hydrogen-bond donors (Lipinski definition) is 2. The van der Waals surface area contributed by atoms with Crippen LogP contribution in [0.15, 0.2) is 22.7 Å². The van der Waals surface area contributed by atoms with Crippen LogP contribution >= 0.6 is 27.7 Å². The molecule has 1 aromatic rings. The lowest BCUT2D eigenvalue weighted by molar-refractivity contribution is 0.0696. The topological polar surface area (TPSA) is 49.3 Å². The van der Waals surface area contributed by atoms with Gasteiger partial charge in [0.15, 0.2) is 0 Å². The van der Waals surface area contributed by atoms with E-state index >= 15 is 0 Å². The Bertz CT molecular complexity index is 371. The smallest absolute Gasteiger partial charge is 0.336 e. The molecule has 5 heteroatoms.